The third kappa shape index (κ3) is 4.48. The van der Waals surface area contributed by atoms with Gasteiger partial charge in [-0.1, -0.05) is 36.4 Å². The first-order chi connectivity index (χ1) is 14.7. The molecule has 1 saturated heterocycles. The number of nitrogens with two attached hydrogens (primary N) is 1. The van der Waals surface area contributed by atoms with Gasteiger partial charge in [0.1, 0.15) is 0 Å². The average molecular weight is 411 g/mol. The number of hydrogen-bond acceptors (Lipinski definition) is 5. The Kier molecular flexibility index (Phi) is 6.93. The molecule has 0 amide bonds. The molecule has 2 N–H and O–H groups in total. The fourth-order valence-corrected chi connectivity index (χ4v) is 4.99. The number of likely N-dealkylation sites (tertiary alicyclic amines) is 1. The maximum Gasteiger partial charge on any atom is 0.164 e. The van der Waals surface area contributed by atoms with Crippen LogP contribution in [0.2, 0.25) is 0 Å². The van der Waals surface area contributed by atoms with Crippen LogP contribution in [0.5, 0.6) is 11.5 Å². The molecule has 5 heteroatoms. The third-order valence-electron chi connectivity index (χ3n) is 6.71. The molecule has 0 saturated carbocycles. The summed E-state index contributed by atoms with van der Waals surface area (Å²) in [4.78, 5) is 2.59. The van der Waals surface area contributed by atoms with E-state index in [1.54, 1.807) is 14.2 Å². The van der Waals surface area contributed by atoms with Crippen LogP contribution in [-0.2, 0) is 17.6 Å². The predicted molar refractivity (Wildman–Crippen MR) is 119 cm³/mol. The second kappa shape index (κ2) is 9.82. The van der Waals surface area contributed by atoms with E-state index >= 15 is 0 Å². The van der Waals surface area contributed by atoms with Crippen LogP contribution in [-0.4, -0.2) is 51.4 Å². The van der Waals surface area contributed by atoms with E-state index in [4.69, 9.17) is 19.9 Å². The Morgan fingerprint density at radius 3 is 2.47 bits per heavy atom. The highest BCUT2D eigenvalue weighted by molar-refractivity contribution is 5.52. The smallest absolute Gasteiger partial charge is 0.164 e. The van der Waals surface area contributed by atoms with E-state index in [0.29, 0.717) is 12.5 Å². The SMILES string of the molecule is COc1ccc2c(c1OC)C[C@H](C1CCN(CCc3ccccc3)CC1)O[C@@H]2CN. The van der Waals surface area contributed by atoms with Gasteiger partial charge in [-0.2, -0.15) is 0 Å². The molecule has 0 bridgehead atoms. The normalized spacial score (nSPS) is 22.5. The number of rotatable bonds is 7. The van der Waals surface area contributed by atoms with Gasteiger partial charge in [0.25, 0.3) is 0 Å². The molecular formula is C25H34N2O3. The summed E-state index contributed by atoms with van der Waals surface area (Å²) in [5.41, 5.74) is 9.85. The Hall–Kier alpha value is -2.08. The minimum absolute atomic E-state index is 0.0744. The van der Waals surface area contributed by atoms with Crippen LogP contribution in [0.3, 0.4) is 0 Å². The van der Waals surface area contributed by atoms with Gasteiger partial charge in [-0.25, -0.2) is 0 Å². The zero-order valence-electron chi connectivity index (χ0n) is 18.2. The Balaban J connectivity index is 1.40. The standard InChI is InChI=1S/C25H34N2O3/c1-28-22-9-8-20-21(25(22)29-2)16-23(30-24(20)17-26)19-11-14-27(15-12-19)13-10-18-6-4-3-5-7-18/h3-9,19,23-24H,10-17,26H2,1-2H3/t23-,24-/m1/s1. The van der Waals surface area contributed by atoms with Gasteiger partial charge >= 0.3 is 0 Å². The van der Waals surface area contributed by atoms with Gasteiger partial charge in [-0.05, 0) is 55.5 Å². The Bertz CT molecular complexity index is 819. The average Bonchev–Trinajstić information content (AvgIpc) is 2.82. The van der Waals surface area contributed by atoms with Gasteiger partial charge in [0, 0.05) is 25.1 Å². The number of nitrogens with zero attached hydrogens (tertiary/aromatic N) is 1. The van der Waals surface area contributed by atoms with Crippen molar-refractivity contribution >= 4 is 0 Å². The topological polar surface area (TPSA) is 57.0 Å². The molecule has 2 aromatic rings. The van der Waals surface area contributed by atoms with Crippen LogP contribution in [0.4, 0.5) is 0 Å². The molecule has 2 aromatic carbocycles. The monoisotopic (exact) mass is 410 g/mol. The lowest BCUT2D eigenvalue weighted by molar-refractivity contribution is -0.0646. The highest BCUT2D eigenvalue weighted by Gasteiger charge is 2.36. The molecule has 162 valence electrons. The highest BCUT2D eigenvalue weighted by atomic mass is 16.5. The van der Waals surface area contributed by atoms with Crippen molar-refractivity contribution in [2.45, 2.75) is 37.9 Å². The molecule has 0 aliphatic carbocycles. The van der Waals surface area contributed by atoms with Crippen LogP contribution in [0.25, 0.3) is 0 Å². The second-order valence-corrected chi connectivity index (χ2v) is 8.39. The zero-order chi connectivity index (χ0) is 20.9. The van der Waals surface area contributed by atoms with Gasteiger partial charge < -0.3 is 24.8 Å². The van der Waals surface area contributed by atoms with Crippen molar-refractivity contribution < 1.29 is 14.2 Å². The fourth-order valence-electron chi connectivity index (χ4n) is 4.99. The molecule has 0 unspecified atom stereocenters. The summed E-state index contributed by atoms with van der Waals surface area (Å²) in [5.74, 6) is 2.17. The highest BCUT2D eigenvalue weighted by Crippen LogP contribution is 2.43. The van der Waals surface area contributed by atoms with Crippen molar-refractivity contribution in [1.82, 2.24) is 4.90 Å². The minimum atomic E-state index is -0.0744. The van der Waals surface area contributed by atoms with Crippen LogP contribution >= 0.6 is 0 Å². The molecule has 2 atom stereocenters. The fraction of sp³-hybridized carbons (Fsp3) is 0.520. The van der Waals surface area contributed by atoms with E-state index in [0.717, 1.165) is 49.5 Å². The number of methoxy groups -OCH3 is 2. The van der Waals surface area contributed by atoms with E-state index in [9.17, 15) is 0 Å². The maximum absolute atomic E-state index is 6.50. The Labute approximate surface area is 180 Å². The second-order valence-electron chi connectivity index (χ2n) is 8.39. The summed E-state index contributed by atoms with van der Waals surface area (Å²) < 4.78 is 17.7. The van der Waals surface area contributed by atoms with Crippen LogP contribution in [0.1, 0.15) is 35.6 Å². The molecule has 0 radical (unpaired) electrons. The Morgan fingerprint density at radius 2 is 1.80 bits per heavy atom. The van der Waals surface area contributed by atoms with Gasteiger partial charge in [0.15, 0.2) is 11.5 Å². The number of piperidine rings is 1. The molecule has 30 heavy (non-hydrogen) atoms. The first-order valence-corrected chi connectivity index (χ1v) is 11.1. The number of benzene rings is 2. The van der Waals surface area contributed by atoms with E-state index < -0.39 is 0 Å². The van der Waals surface area contributed by atoms with Crippen molar-refractivity contribution in [3.8, 4) is 11.5 Å². The molecule has 1 fully saturated rings. The molecule has 2 heterocycles. The predicted octanol–water partition coefficient (Wildman–Crippen LogP) is 3.60. The lowest BCUT2D eigenvalue weighted by Crippen LogP contribution is -2.42. The van der Waals surface area contributed by atoms with Gasteiger partial charge in [-0.15, -0.1) is 0 Å². The Morgan fingerprint density at radius 1 is 1.03 bits per heavy atom. The first kappa shape index (κ1) is 21.2. The third-order valence-corrected chi connectivity index (χ3v) is 6.71. The van der Waals surface area contributed by atoms with Crippen LogP contribution in [0, 0.1) is 5.92 Å². The van der Waals surface area contributed by atoms with E-state index in [2.05, 4.69) is 41.3 Å². The molecule has 4 rings (SSSR count). The molecule has 5 nitrogen and oxygen atoms in total. The lowest BCUT2D eigenvalue weighted by Gasteiger charge is -2.40. The molecule has 0 aromatic heterocycles. The first-order valence-electron chi connectivity index (χ1n) is 11.1. The van der Waals surface area contributed by atoms with E-state index in [1.807, 2.05) is 6.07 Å². The summed E-state index contributed by atoms with van der Waals surface area (Å²) in [6, 6.07) is 14.8. The van der Waals surface area contributed by atoms with Crippen molar-refractivity contribution in [3.63, 3.8) is 0 Å². The molecule has 2 aliphatic heterocycles. The van der Waals surface area contributed by atoms with E-state index in [-0.39, 0.29) is 12.2 Å². The summed E-state index contributed by atoms with van der Waals surface area (Å²) in [6.07, 6.45) is 4.42. The summed E-state index contributed by atoms with van der Waals surface area (Å²) >= 11 is 0. The van der Waals surface area contributed by atoms with Crippen molar-refractivity contribution in [3.05, 3.63) is 59.2 Å². The summed E-state index contributed by atoms with van der Waals surface area (Å²) in [7, 11) is 3.40. The largest absolute Gasteiger partial charge is 0.493 e. The summed E-state index contributed by atoms with van der Waals surface area (Å²) in [6.45, 7) is 3.87. The zero-order valence-corrected chi connectivity index (χ0v) is 18.2. The molecule has 0 spiro atoms. The van der Waals surface area contributed by atoms with Crippen LogP contribution < -0.4 is 15.2 Å². The maximum atomic E-state index is 6.50. The van der Waals surface area contributed by atoms with Crippen molar-refractivity contribution in [2.75, 3.05) is 40.4 Å². The molecular weight excluding hydrogens is 376 g/mol. The summed E-state index contributed by atoms with van der Waals surface area (Å²) in [5, 5.41) is 0. The minimum Gasteiger partial charge on any atom is -0.493 e. The van der Waals surface area contributed by atoms with Crippen molar-refractivity contribution in [2.24, 2.45) is 11.7 Å². The number of hydrogen-bond donors (Lipinski definition) is 1. The quantitative estimate of drug-likeness (QED) is 0.756. The lowest BCUT2D eigenvalue weighted by atomic mass is 9.83. The van der Waals surface area contributed by atoms with Crippen molar-refractivity contribution in [1.29, 1.82) is 0 Å². The van der Waals surface area contributed by atoms with Crippen LogP contribution in [0.15, 0.2) is 42.5 Å². The number of fused-ring (bicyclic) bond motifs is 1. The van der Waals surface area contributed by atoms with Gasteiger partial charge in [-0.3, -0.25) is 0 Å². The number of ether oxygens (including phenoxy) is 3. The van der Waals surface area contributed by atoms with Gasteiger partial charge in [0.05, 0.1) is 26.4 Å². The van der Waals surface area contributed by atoms with Gasteiger partial charge in [0.2, 0.25) is 0 Å². The van der Waals surface area contributed by atoms with E-state index in [1.165, 1.54) is 24.0 Å². The molecule has 2 aliphatic rings.